The van der Waals surface area contributed by atoms with Crippen molar-refractivity contribution < 1.29 is 17.9 Å². The molecule has 36 heavy (non-hydrogen) atoms. The molecule has 1 aliphatic rings. The Balaban J connectivity index is 1.39. The number of ether oxygens (including phenoxy) is 1. The van der Waals surface area contributed by atoms with Crippen molar-refractivity contribution in [1.82, 2.24) is 14.2 Å². The van der Waals surface area contributed by atoms with Gasteiger partial charge in [-0.2, -0.15) is 4.31 Å². The van der Waals surface area contributed by atoms with Gasteiger partial charge in [-0.15, -0.1) is 0 Å². The quantitative estimate of drug-likeness (QED) is 0.385. The van der Waals surface area contributed by atoms with Crippen LogP contribution in [-0.2, 0) is 10.0 Å². The molecule has 2 aromatic carbocycles. The van der Waals surface area contributed by atoms with Gasteiger partial charge in [0.25, 0.3) is 5.91 Å². The van der Waals surface area contributed by atoms with E-state index in [9.17, 15) is 13.2 Å². The van der Waals surface area contributed by atoms with Crippen molar-refractivity contribution in [2.24, 2.45) is 0 Å². The Hall–Kier alpha value is -2.69. The molecular weight excluding hydrogens is 496 g/mol. The normalized spacial score (nSPS) is 14.6. The van der Waals surface area contributed by atoms with Crippen molar-refractivity contribution in [3.8, 4) is 5.75 Å². The van der Waals surface area contributed by atoms with Crippen LogP contribution in [0.2, 0.25) is 0 Å². The van der Waals surface area contributed by atoms with Crippen LogP contribution in [0.3, 0.4) is 0 Å². The number of carbonyl (C=O) groups excluding carboxylic acids is 1. The molecular formula is C26H34N4O4S2. The van der Waals surface area contributed by atoms with Gasteiger partial charge in [-0.3, -0.25) is 4.79 Å². The van der Waals surface area contributed by atoms with Crippen molar-refractivity contribution in [3.05, 3.63) is 48.0 Å². The lowest BCUT2D eigenvalue weighted by Gasteiger charge is -2.34. The summed E-state index contributed by atoms with van der Waals surface area (Å²) in [4.78, 5) is 22.1. The van der Waals surface area contributed by atoms with Crippen LogP contribution in [0.5, 0.6) is 5.75 Å². The highest BCUT2D eigenvalue weighted by Gasteiger charge is 2.26. The number of benzene rings is 2. The summed E-state index contributed by atoms with van der Waals surface area (Å²) < 4.78 is 34.1. The Morgan fingerprint density at radius 3 is 2.42 bits per heavy atom. The lowest BCUT2D eigenvalue weighted by atomic mass is 10.2. The van der Waals surface area contributed by atoms with E-state index in [1.807, 2.05) is 43.9 Å². The Labute approximate surface area is 217 Å². The zero-order chi connectivity index (χ0) is 25.7. The zero-order valence-electron chi connectivity index (χ0n) is 21.1. The minimum absolute atomic E-state index is 0.0809. The fourth-order valence-corrected chi connectivity index (χ4v) is 6.80. The summed E-state index contributed by atoms with van der Waals surface area (Å²) in [5, 5.41) is 0.948. The van der Waals surface area contributed by atoms with E-state index < -0.39 is 10.0 Å². The zero-order valence-corrected chi connectivity index (χ0v) is 22.8. The molecule has 0 N–H and O–H groups in total. The van der Waals surface area contributed by atoms with Gasteiger partial charge in [0.05, 0.1) is 21.7 Å². The number of thiazole rings is 1. The lowest BCUT2D eigenvalue weighted by molar-refractivity contribution is 0.0746. The largest absolute Gasteiger partial charge is 0.494 e. The number of piperazine rings is 1. The van der Waals surface area contributed by atoms with E-state index in [-0.39, 0.29) is 10.8 Å². The topological polar surface area (TPSA) is 83.1 Å². The fourth-order valence-electron chi connectivity index (χ4n) is 4.27. The van der Waals surface area contributed by atoms with E-state index in [1.54, 1.807) is 35.6 Å². The second-order valence-corrected chi connectivity index (χ2v) is 11.7. The van der Waals surface area contributed by atoms with Gasteiger partial charge in [0, 0.05) is 44.8 Å². The minimum atomic E-state index is -3.56. The van der Waals surface area contributed by atoms with Crippen molar-refractivity contribution in [2.75, 3.05) is 50.8 Å². The molecule has 0 atom stereocenters. The van der Waals surface area contributed by atoms with Gasteiger partial charge in [-0.25, -0.2) is 13.4 Å². The molecule has 0 spiro atoms. The van der Waals surface area contributed by atoms with E-state index in [0.717, 1.165) is 33.9 Å². The number of rotatable bonds is 10. The van der Waals surface area contributed by atoms with Gasteiger partial charge in [-0.05, 0) is 55.8 Å². The van der Waals surface area contributed by atoms with E-state index in [0.29, 0.717) is 51.4 Å². The third kappa shape index (κ3) is 5.66. The smallest absolute Gasteiger partial charge is 0.253 e. The summed E-state index contributed by atoms with van der Waals surface area (Å²) in [5.41, 5.74) is 1.45. The number of sulfonamides is 1. The number of aromatic nitrogens is 1. The van der Waals surface area contributed by atoms with Crippen LogP contribution in [0, 0.1) is 0 Å². The molecule has 10 heteroatoms. The van der Waals surface area contributed by atoms with Crippen LogP contribution in [-0.4, -0.2) is 74.4 Å². The molecule has 1 aromatic heterocycles. The maximum absolute atomic E-state index is 13.1. The lowest BCUT2D eigenvalue weighted by Crippen LogP contribution is -2.48. The maximum Gasteiger partial charge on any atom is 0.253 e. The number of hydrogen-bond donors (Lipinski definition) is 0. The monoisotopic (exact) mass is 530 g/mol. The second-order valence-electron chi connectivity index (χ2n) is 8.71. The predicted molar refractivity (Wildman–Crippen MR) is 145 cm³/mol. The van der Waals surface area contributed by atoms with Gasteiger partial charge in [0.15, 0.2) is 5.13 Å². The molecule has 3 aromatic rings. The fraction of sp³-hybridized carbons (Fsp3) is 0.462. The van der Waals surface area contributed by atoms with Crippen molar-refractivity contribution >= 4 is 42.6 Å². The first-order valence-electron chi connectivity index (χ1n) is 12.5. The van der Waals surface area contributed by atoms with E-state index in [2.05, 4.69) is 4.90 Å². The van der Waals surface area contributed by atoms with Crippen LogP contribution in [0.25, 0.3) is 10.2 Å². The predicted octanol–water partition coefficient (Wildman–Crippen LogP) is 4.47. The Kier molecular flexibility index (Phi) is 8.48. The van der Waals surface area contributed by atoms with E-state index in [1.165, 1.54) is 4.31 Å². The minimum Gasteiger partial charge on any atom is -0.494 e. The second kappa shape index (κ2) is 11.6. The first kappa shape index (κ1) is 26.4. The highest BCUT2D eigenvalue weighted by molar-refractivity contribution is 7.89. The van der Waals surface area contributed by atoms with Gasteiger partial charge in [0.2, 0.25) is 10.0 Å². The first-order valence-corrected chi connectivity index (χ1v) is 14.8. The molecule has 0 unspecified atom stereocenters. The summed E-state index contributed by atoms with van der Waals surface area (Å²) >= 11 is 1.63. The summed E-state index contributed by atoms with van der Waals surface area (Å²) in [6.45, 7) is 9.96. The number of anilines is 1. The molecule has 1 fully saturated rings. The van der Waals surface area contributed by atoms with E-state index in [4.69, 9.17) is 9.72 Å². The van der Waals surface area contributed by atoms with Gasteiger partial charge >= 0.3 is 0 Å². The molecule has 0 saturated carbocycles. The molecule has 0 aliphatic carbocycles. The molecule has 0 bridgehead atoms. The van der Waals surface area contributed by atoms with Crippen LogP contribution in [0.15, 0.2) is 47.4 Å². The summed E-state index contributed by atoms with van der Waals surface area (Å²) in [6.07, 6.45) is 1.75. The van der Waals surface area contributed by atoms with Crippen LogP contribution >= 0.6 is 11.3 Å². The first-order chi connectivity index (χ1) is 17.4. The average Bonchev–Trinajstić information content (AvgIpc) is 3.32. The molecule has 2 heterocycles. The van der Waals surface area contributed by atoms with E-state index >= 15 is 0 Å². The third-order valence-corrected chi connectivity index (χ3v) is 9.42. The van der Waals surface area contributed by atoms with Crippen LogP contribution in [0.1, 0.15) is 44.0 Å². The summed E-state index contributed by atoms with van der Waals surface area (Å²) in [7, 11) is -3.56. The van der Waals surface area contributed by atoms with Crippen molar-refractivity contribution in [2.45, 2.75) is 38.5 Å². The molecule has 1 saturated heterocycles. The van der Waals surface area contributed by atoms with Gasteiger partial charge < -0.3 is 14.5 Å². The Morgan fingerprint density at radius 1 is 1.06 bits per heavy atom. The molecule has 4 rings (SSSR count). The molecule has 194 valence electrons. The molecule has 0 radical (unpaired) electrons. The SMILES string of the molecule is CCCCN(CC)S(=O)(=O)c1ccc(C(=O)N2CCN(c3nc4ccc(OCC)cc4s3)CC2)cc1. The Bertz CT molecular complexity index is 1280. The number of hydrogen-bond acceptors (Lipinski definition) is 7. The number of nitrogens with zero attached hydrogens (tertiary/aromatic N) is 4. The number of amides is 1. The molecule has 8 nitrogen and oxygen atoms in total. The third-order valence-electron chi connectivity index (χ3n) is 6.35. The maximum atomic E-state index is 13.1. The molecule has 1 aliphatic heterocycles. The van der Waals surface area contributed by atoms with Crippen molar-refractivity contribution in [1.29, 1.82) is 0 Å². The number of fused-ring (bicyclic) bond motifs is 1. The number of unbranched alkanes of at least 4 members (excludes halogenated alkanes) is 1. The van der Waals surface area contributed by atoms with Gasteiger partial charge in [0.1, 0.15) is 5.75 Å². The van der Waals surface area contributed by atoms with Crippen LogP contribution in [0.4, 0.5) is 5.13 Å². The average molecular weight is 531 g/mol. The molecule has 1 amide bonds. The highest BCUT2D eigenvalue weighted by atomic mass is 32.2. The summed E-state index contributed by atoms with van der Waals surface area (Å²) in [6, 6.07) is 12.3. The summed E-state index contributed by atoms with van der Waals surface area (Å²) in [5.74, 6) is 0.764. The van der Waals surface area contributed by atoms with Gasteiger partial charge in [-0.1, -0.05) is 31.6 Å². The number of carbonyl (C=O) groups is 1. The standard InChI is InChI=1S/C26H34N4O4S2/c1-4-7-14-30(5-2)36(32,33)22-11-8-20(9-12-22)25(31)28-15-17-29(18-16-28)26-27-23-13-10-21(34-6-3)19-24(23)35-26/h8-13,19H,4-7,14-18H2,1-3H3. The van der Waals surface area contributed by atoms with Crippen LogP contribution < -0.4 is 9.64 Å². The Morgan fingerprint density at radius 2 is 1.78 bits per heavy atom. The highest BCUT2D eigenvalue weighted by Crippen LogP contribution is 2.32. The van der Waals surface area contributed by atoms with Crippen molar-refractivity contribution in [3.63, 3.8) is 0 Å².